The van der Waals surface area contributed by atoms with E-state index in [-0.39, 0.29) is 42.0 Å². The second kappa shape index (κ2) is 11.5. The van der Waals surface area contributed by atoms with Crippen LogP contribution in [0.5, 0.6) is 5.75 Å². The summed E-state index contributed by atoms with van der Waals surface area (Å²) >= 11 is 12.6. The quantitative estimate of drug-likeness (QED) is 0.276. The molecular formula is C27H32Cl2N6O4. The highest BCUT2D eigenvalue weighted by molar-refractivity contribution is 6.51. The molecule has 2 atom stereocenters. The van der Waals surface area contributed by atoms with E-state index in [0.717, 1.165) is 0 Å². The molecule has 208 valence electrons. The van der Waals surface area contributed by atoms with E-state index in [0.29, 0.717) is 48.8 Å². The van der Waals surface area contributed by atoms with E-state index in [4.69, 9.17) is 33.3 Å². The Labute approximate surface area is 237 Å². The van der Waals surface area contributed by atoms with E-state index in [1.165, 1.54) is 6.92 Å². The largest absolute Gasteiger partial charge is 0.486 e. The molecule has 39 heavy (non-hydrogen) atoms. The average Bonchev–Trinajstić information content (AvgIpc) is 3.24. The summed E-state index contributed by atoms with van der Waals surface area (Å²) in [5, 5.41) is 14.2. The molecule has 10 nitrogen and oxygen atoms in total. The summed E-state index contributed by atoms with van der Waals surface area (Å²) < 4.78 is 4.86. The minimum Gasteiger partial charge on any atom is -0.486 e. The molecule has 1 saturated heterocycles. The van der Waals surface area contributed by atoms with Gasteiger partial charge in [0.25, 0.3) is 0 Å². The number of amides is 2. The number of carbonyl (C=O) groups excluding carboxylic acids is 3. The number of nitrogens with zero attached hydrogens (tertiary/aromatic N) is 3. The molecule has 1 saturated carbocycles. The standard InChI is InChI=1S/C27H32Cl2N6O4/c1-16(36)24(30)18-12-17(39-15-22-31-9-5-10-32-22)7-8-19(18)33-14-23(37)35-11-4-6-20(35)25(38)34-13-21-26(2,3)27(21,28)29/h5,7-10,12,20-21,30,33H,4,6,11,13-15H2,1-3H3,(H,34,38)/t20-,21-/m0/s1. The summed E-state index contributed by atoms with van der Waals surface area (Å²) in [6, 6.07) is 6.02. The Morgan fingerprint density at radius 3 is 2.54 bits per heavy atom. The first-order valence-electron chi connectivity index (χ1n) is 12.7. The number of hydrogen-bond acceptors (Lipinski definition) is 8. The molecule has 0 radical (unpaired) electrons. The number of aromatic nitrogens is 2. The zero-order valence-corrected chi connectivity index (χ0v) is 23.6. The fourth-order valence-corrected chi connectivity index (χ4v) is 5.64. The predicted octanol–water partition coefficient (Wildman–Crippen LogP) is 3.36. The van der Waals surface area contributed by atoms with Crippen molar-refractivity contribution in [2.75, 3.05) is 25.0 Å². The zero-order chi connectivity index (χ0) is 28.4. The Bertz CT molecular complexity index is 1260. The number of hydrogen-bond donors (Lipinski definition) is 3. The highest BCUT2D eigenvalue weighted by atomic mass is 35.5. The van der Waals surface area contributed by atoms with Crippen LogP contribution < -0.4 is 15.4 Å². The van der Waals surface area contributed by atoms with Crippen molar-refractivity contribution in [3.63, 3.8) is 0 Å². The Hall–Kier alpha value is -3.24. The summed E-state index contributed by atoms with van der Waals surface area (Å²) in [5.41, 5.74) is 0.223. The molecule has 3 N–H and O–H groups in total. The second-order valence-corrected chi connectivity index (χ2v) is 11.7. The van der Waals surface area contributed by atoms with Crippen molar-refractivity contribution < 1.29 is 19.1 Å². The van der Waals surface area contributed by atoms with E-state index in [2.05, 4.69) is 20.6 Å². The molecule has 1 aliphatic heterocycles. The lowest BCUT2D eigenvalue weighted by Crippen LogP contribution is -2.48. The van der Waals surface area contributed by atoms with Crippen LogP contribution in [-0.2, 0) is 21.0 Å². The molecule has 2 heterocycles. The SMILES string of the molecule is CC(=O)C(=N)c1cc(OCc2ncccn2)ccc1NCC(=O)N1CCC[C@H]1C(=O)NC[C@H]1C(C)(C)C1(Cl)Cl. The van der Waals surface area contributed by atoms with Crippen molar-refractivity contribution >= 4 is 52.2 Å². The number of Topliss-reactive ketones (excluding diaryl/α,β-unsaturated/α-hetero) is 1. The van der Waals surface area contributed by atoms with E-state index >= 15 is 0 Å². The fraction of sp³-hybridized carbons (Fsp3) is 0.481. The van der Waals surface area contributed by atoms with Crippen LogP contribution in [0.1, 0.15) is 45.0 Å². The van der Waals surface area contributed by atoms with Crippen LogP contribution in [0.15, 0.2) is 36.7 Å². The minimum absolute atomic E-state index is 0.0633. The van der Waals surface area contributed by atoms with Crippen LogP contribution in [0.2, 0.25) is 0 Å². The van der Waals surface area contributed by atoms with Gasteiger partial charge in [0.15, 0.2) is 11.6 Å². The van der Waals surface area contributed by atoms with Gasteiger partial charge >= 0.3 is 0 Å². The van der Waals surface area contributed by atoms with E-state index < -0.39 is 16.2 Å². The topological polar surface area (TPSA) is 137 Å². The molecular weight excluding hydrogens is 543 g/mol. The average molecular weight is 575 g/mol. The maximum atomic E-state index is 13.1. The normalized spacial score (nSPS) is 20.7. The summed E-state index contributed by atoms with van der Waals surface area (Å²) in [4.78, 5) is 47.8. The molecule has 2 aliphatic rings. The third-order valence-electron chi connectivity index (χ3n) is 7.47. The Morgan fingerprint density at radius 2 is 1.90 bits per heavy atom. The molecule has 2 fully saturated rings. The second-order valence-electron chi connectivity index (χ2n) is 10.3. The van der Waals surface area contributed by atoms with Crippen molar-refractivity contribution in [3.05, 3.63) is 48.0 Å². The van der Waals surface area contributed by atoms with Gasteiger partial charge in [-0.05, 0) is 37.1 Å². The predicted molar refractivity (Wildman–Crippen MR) is 148 cm³/mol. The summed E-state index contributed by atoms with van der Waals surface area (Å²) in [7, 11) is 0. The first-order chi connectivity index (χ1) is 18.4. The number of ether oxygens (including phenoxy) is 1. The van der Waals surface area contributed by atoms with E-state index in [1.807, 2.05) is 13.8 Å². The van der Waals surface area contributed by atoms with Gasteiger partial charge < -0.3 is 20.3 Å². The number of carbonyl (C=O) groups is 3. The van der Waals surface area contributed by atoms with Crippen molar-refractivity contribution in [1.82, 2.24) is 20.2 Å². The van der Waals surface area contributed by atoms with Gasteiger partial charge in [0.1, 0.15) is 28.4 Å². The molecule has 0 unspecified atom stereocenters. The molecule has 0 spiro atoms. The lowest BCUT2D eigenvalue weighted by Gasteiger charge is -2.25. The number of benzene rings is 1. The molecule has 0 bridgehead atoms. The first kappa shape index (κ1) is 28.8. The molecule has 1 aromatic carbocycles. The van der Waals surface area contributed by atoms with Gasteiger partial charge in [-0.25, -0.2) is 9.97 Å². The van der Waals surface area contributed by atoms with Gasteiger partial charge in [0.2, 0.25) is 11.8 Å². The maximum absolute atomic E-state index is 13.1. The van der Waals surface area contributed by atoms with Crippen LogP contribution in [0.25, 0.3) is 0 Å². The number of ketones is 1. The third kappa shape index (κ3) is 6.17. The number of anilines is 1. The van der Waals surface area contributed by atoms with Gasteiger partial charge in [0, 0.05) is 55.0 Å². The zero-order valence-electron chi connectivity index (χ0n) is 22.1. The first-order valence-corrected chi connectivity index (χ1v) is 13.5. The van der Waals surface area contributed by atoms with Gasteiger partial charge in [-0.3, -0.25) is 19.8 Å². The van der Waals surface area contributed by atoms with Crippen molar-refractivity contribution in [1.29, 1.82) is 5.41 Å². The molecule has 12 heteroatoms. The Balaban J connectivity index is 1.38. The third-order valence-corrected chi connectivity index (χ3v) is 8.97. The summed E-state index contributed by atoms with van der Waals surface area (Å²) in [6.07, 6.45) is 4.50. The summed E-state index contributed by atoms with van der Waals surface area (Å²) in [5.74, 6) is -0.0647. The lowest BCUT2D eigenvalue weighted by atomic mass is 10.0. The van der Waals surface area contributed by atoms with Crippen molar-refractivity contribution in [3.8, 4) is 5.75 Å². The van der Waals surface area contributed by atoms with Crippen LogP contribution >= 0.6 is 23.2 Å². The van der Waals surface area contributed by atoms with Gasteiger partial charge in [-0.2, -0.15) is 0 Å². The maximum Gasteiger partial charge on any atom is 0.242 e. The molecule has 1 aliphatic carbocycles. The molecule has 1 aromatic heterocycles. The number of rotatable bonds is 11. The molecule has 2 aromatic rings. The van der Waals surface area contributed by atoms with Gasteiger partial charge in [-0.1, -0.05) is 13.8 Å². The van der Waals surface area contributed by atoms with Crippen LogP contribution in [-0.4, -0.2) is 68.2 Å². The van der Waals surface area contributed by atoms with E-state index in [9.17, 15) is 14.4 Å². The fourth-order valence-electron chi connectivity index (χ4n) is 4.79. The Morgan fingerprint density at radius 1 is 1.21 bits per heavy atom. The monoisotopic (exact) mass is 574 g/mol. The van der Waals surface area contributed by atoms with Crippen molar-refractivity contribution in [2.24, 2.45) is 11.3 Å². The number of alkyl halides is 2. The van der Waals surface area contributed by atoms with E-state index in [1.54, 1.807) is 41.6 Å². The molecule has 2 amide bonds. The highest BCUT2D eigenvalue weighted by Crippen LogP contribution is 2.68. The summed E-state index contributed by atoms with van der Waals surface area (Å²) in [6.45, 7) is 6.03. The lowest BCUT2D eigenvalue weighted by molar-refractivity contribution is -0.137. The smallest absolute Gasteiger partial charge is 0.242 e. The van der Waals surface area contributed by atoms with Crippen molar-refractivity contribution in [2.45, 2.75) is 50.6 Å². The molecule has 4 rings (SSSR count). The van der Waals surface area contributed by atoms with Crippen LogP contribution in [0.4, 0.5) is 5.69 Å². The van der Waals surface area contributed by atoms with Gasteiger partial charge in [0.05, 0.1) is 6.54 Å². The minimum atomic E-state index is -0.878. The number of likely N-dealkylation sites (tertiary alicyclic amines) is 1. The Kier molecular flexibility index (Phi) is 8.46. The number of halogens is 2. The highest BCUT2D eigenvalue weighted by Gasteiger charge is 2.69. The van der Waals surface area contributed by atoms with Gasteiger partial charge in [-0.15, -0.1) is 23.2 Å². The number of nitrogens with one attached hydrogen (secondary N) is 3. The van der Waals surface area contributed by atoms with Crippen LogP contribution in [0.3, 0.4) is 0 Å². The van der Waals surface area contributed by atoms with Crippen LogP contribution in [0, 0.1) is 16.7 Å².